The van der Waals surface area contributed by atoms with Crippen LogP contribution in [-0.2, 0) is 13.1 Å². The summed E-state index contributed by atoms with van der Waals surface area (Å²) in [6, 6.07) is 6.26. The second kappa shape index (κ2) is 5.49. The van der Waals surface area contributed by atoms with Crippen LogP contribution >= 0.6 is 22.6 Å². The maximum atomic E-state index is 5.47. The van der Waals surface area contributed by atoms with Crippen molar-refractivity contribution in [1.29, 1.82) is 0 Å². The molecule has 0 aliphatic heterocycles. The van der Waals surface area contributed by atoms with Gasteiger partial charge in [-0.15, -0.1) is 0 Å². The third-order valence-corrected chi connectivity index (χ3v) is 2.85. The van der Waals surface area contributed by atoms with Gasteiger partial charge in [-0.1, -0.05) is 0 Å². The molecular weight excluding hydrogens is 317 g/mol. The largest absolute Gasteiger partial charge is 0.454 e. The molecule has 0 aliphatic rings. The zero-order chi connectivity index (χ0) is 11.4. The highest BCUT2D eigenvalue weighted by Gasteiger charge is 2.04. The van der Waals surface area contributed by atoms with Gasteiger partial charge in [-0.05, 0) is 47.7 Å². The Kier molecular flexibility index (Phi) is 4.00. The number of hydrogen-bond acceptors (Lipinski definition) is 3. The second-order valence-corrected chi connectivity index (χ2v) is 4.78. The van der Waals surface area contributed by atoms with Crippen LogP contribution in [0, 0.1) is 3.77 Å². The minimum atomic E-state index is 0.364. The first-order valence-corrected chi connectivity index (χ1v) is 6.27. The summed E-state index contributed by atoms with van der Waals surface area (Å²) >= 11 is 2.17. The summed E-state index contributed by atoms with van der Waals surface area (Å²) in [5, 5.41) is 7.56. The summed E-state index contributed by atoms with van der Waals surface area (Å²) in [6.07, 6.45) is 3.76. The van der Waals surface area contributed by atoms with Crippen molar-refractivity contribution in [2.75, 3.05) is 0 Å². The van der Waals surface area contributed by atoms with Gasteiger partial charge < -0.3 is 9.73 Å². The third kappa shape index (κ3) is 3.34. The van der Waals surface area contributed by atoms with E-state index in [0.717, 1.165) is 22.6 Å². The molecule has 1 N–H and O–H groups in total. The number of aromatic nitrogens is 2. The van der Waals surface area contributed by atoms with E-state index in [9.17, 15) is 0 Å². The summed E-state index contributed by atoms with van der Waals surface area (Å²) in [7, 11) is 0. The fourth-order valence-corrected chi connectivity index (χ4v) is 1.94. The topological polar surface area (TPSA) is 43.0 Å². The van der Waals surface area contributed by atoms with E-state index < -0.39 is 0 Å². The van der Waals surface area contributed by atoms with Gasteiger partial charge in [0, 0.05) is 18.4 Å². The van der Waals surface area contributed by atoms with Crippen LogP contribution in [0.25, 0.3) is 0 Å². The van der Waals surface area contributed by atoms with E-state index in [4.69, 9.17) is 4.42 Å². The predicted molar refractivity (Wildman–Crippen MR) is 70.0 cm³/mol. The van der Waals surface area contributed by atoms with E-state index in [-0.39, 0.29) is 0 Å². The molecule has 0 radical (unpaired) electrons. The highest BCUT2D eigenvalue weighted by Crippen LogP contribution is 2.09. The third-order valence-electron chi connectivity index (χ3n) is 2.27. The van der Waals surface area contributed by atoms with E-state index in [0.29, 0.717) is 6.04 Å². The maximum Gasteiger partial charge on any atom is 0.164 e. The number of hydrogen-bond donors (Lipinski definition) is 1. The molecule has 2 aromatic rings. The van der Waals surface area contributed by atoms with Gasteiger partial charge in [0.1, 0.15) is 5.76 Å². The zero-order valence-electron chi connectivity index (χ0n) is 9.06. The Morgan fingerprint density at radius 2 is 2.44 bits per heavy atom. The average Bonchev–Trinajstić information content (AvgIpc) is 2.87. The molecule has 1 unspecified atom stereocenters. The number of rotatable bonds is 5. The van der Waals surface area contributed by atoms with Crippen molar-refractivity contribution in [2.24, 2.45) is 0 Å². The fourth-order valence-electron chi connectivity index (χ4n) is 1.48. The molecule has 0 saturated heterocycles. The molecule has 0 aliphatic carbocycles. The molecule has 2 heterocycles. The molecule has 0 amide bonds. The summed E-state index contributed by atoms with van der Waals surface area (Å²) in [5.74, 6) is 0.969. The number of halogens is 1. The van der Waals surface area contributed by atoms with Crippen LogP contribution in [0.15, 0.2) is 35.0 Å². The first-order chi connectivity index (χ1) is 7.74. The van der Waals surface area contributed by atoms with Crippen molar-refractivity contribution in [1.82, 2.24) is 15.1 Å². The molecule has 1 atom stereocenters. The van der Waals surface area contributed by atoms with Crippen molar-refractivity contribution >= 4 is 22.6 Å². The summed E-state index contributed by atoms with van der Waals surface area (Å²) < 4.78 is 8.32. The quantitative estimate of drug-likeness (QED) is 0.855. The van der Waals surface area contributed by atoms with Crippen molar-refractivity contribution in [3.05, 3.63) is 40.1 Å². The van der Waals surface area contributed by atoms with Gasteiger partial charge >= 0.3 is 0 Å². The standard InChI is InChI=1S/C11H14IN3O/c1-9(8-15-6-2-5-14-15)13-7-10-3-4-11(12)16-10/h2-6,9,13H,7-8H2,1H3. The molecule has 0 bridgehead atoms. The first kappa shape index (κ1) is 11.7. The Morgan fingerprint density at radius 1 is 1.56 bits per heavy atom. The number of nitrogens with one attached hydrogen (secondary N) is 1. The van der Waals surface area contributed by atoms with Gasteiger partial charge in [-0.25, -0.2) is 0 Å². The molecule has 2 aromatic heterocycles. The van der Waals surface area contributed by atoms with E-state index in [1.54, 1.807) is 6.20 Å². The molecule has 0 fully saturated rings. The fraction of sp³-hybridized carbons (Fsp3) is 0.364. The Morgan fingerprint density at radius 3 is 3.06 bits per heavy atom. The molecule has 86 valence electrons. The monoisotopic (exact) mass is 331 g/mol. The van der Waals surface area contributed by atoms with Crippen molar-refractivity contribution < 1.29 is 4.42 Å². The lowest BCUT2D eigenvalue weighted by molar-refractivity contribution is 0.408. The molecule has 16 heavy (non-hydrogen) atoms. The molecule has 4 nitrogen and oxygen atoms in total. The number of nitrogens with zero attached hydrogens (tertiary/aromatic N) is 2. The lowest BCUT2D eigenvalue weighted by atomic mass is 10.3. The Bertz CT molecular complexity index is 424. The summed E-state index contributed by atoms with van der Waals surface area (Å²) in [4.78, 5) is 0. The van der Waals surface area contributed by atoms with E-state index in [2.05, 4.69) is 39.9 Å². The van der Waals surface area contributed by atoms with E-state index in [1.807, 2.05) is 29.1 Å². The van der Waals surface area contributed by atoms with E-state index >= 15 is 0 Å². The highest BCUT2D eigenvalue weighted by atomic mass is 127. The van der Waals surface area contributed by atoms with Gasteiger partial charge in [0.25, 0.3) is 0 Å². The highest BCUT2D eigenvalue weighted by molar-refractivity contribution is 14.1. The minimum absolute atomic E-state index is 0.364. The van der Waals surface area contributed by atoms with Gasteiger partial charge in [0.2, 0.25) is 0 Å². The first-order valence-electron chi connectivity index (χ1n) is 5.19. The van der Waals surface area contributed by atoms with Gasteiger partial charge in [0.05, 0.1) is 13.1 Å². The van der Waals surface area contributed by atoms with Crippen LogP contribution < -0.4 is 5.32 Å². The van der Waals surface area contributed by atoms with Crippen molar-refractivity contribution in [3.63, 3.8) is 0 Å². The molecule has 0 aromatic carbocycles. The Balaban J connectivity index is 1.77. The van der Waals surface area contributed by atoms with Crippen LogP contribution in [0.2, 0.25) is 0 Å². The minimum Gasteiger partial charge on any atom is -0.454 e. The SMILES string of the molecule is CC(Cn1cccn1)NCc1ccc(I)o1. The molecule has 0 saturated carbocycles. The Labute approximate surface area is 108 Å². The molecule has 0 spiro atoms. The van der Waals surface area contributed by atoms with Crippen LogP contribution in [0.4, 0.5) is 0 Å². The Hall–Kier alpha value is -0.820. The maximum absolute atomic E-state index is 5.47. The van der Waals surface area contributed by atoms with Gasteiger partial charge in [-0.2, -0.15) is 5.10 Å². The average molecular weight is 331 g/mol. The number of furan rings is 1. The lowest BCUT2D eigenvalue weighted by Crippen LogP contribution is -2.29. The normalized spacial score (nSPS) is 12.9. The van der Waals surface area contributed by atoms with Gasteiger partial charge in [0.15, 0.2) is 3.77 Å². The van der Waals surface area contributed by atoms with Crippen LogP contribution in [0.1, 0.15) is 12.7 Å². The zero-order valence-corrected chi connectivity index (χ0v) is 11.2. The second-order valence-electron chi connectivity index (χ2n) is 3.72. The lowest BCUT2D eigenvalue weighted by Gasteiger charge is -2.12. The summed E-state index contributed by atoms with van der Waals surface area (Å²) in [6.45, 7) is 3.76. The van der Waals surface area contributed by atoms with Crippen LogP contribution in [0.3, 0.4) is 0 Å². The van der Waals surface area contributed by atoms with Crippen molar-refractivity contribution in [3.8, 4) is 0 Å². The molecular formula is C11H14IN3O. The van der Waals surface area contributed by atoms with Gasteiger partial charge in [-0.3, -0.25) is 4.68 Å². The smallest absolute Gasteiger partial charge is 0.164 e. The van der Waals surface area contributed by atoms with Crippen LogP contribution in [-0.4, -0.2) is 15.8 Å². The van der Waals surface area contributed by atoms with Crippen molar-refractivity contribution in [2.45, 2.75) is 26.1 Å². The molecule has 2 rings (SSSR count). The molecule has 5 heteroatoms. The van der Waals surface area contributed by atoms with E-state index in [1.165, 1.54) is 0 Å². The summed E-state index contributed by atoms with van der Waals surface area (Å²) in [5.41, 5.74) is 0. The van der Waals surface area contributed by atoms with Crippen LogP contribution in [0.5, 0.6) is 0 Å². The predicted octanol–water partition coefficient (Wildman–Crippen LogP) is 2.26.